The van der Waals surface area contributed by atoms with Crippen LogP contribution in [0, 0.1) is 13.8 Å². The van der Waals surface area contributed by atoms with Crippen molar-refractivity contribution in [3.05, 3.63) is 17.0 Å². The van der Waals surface area contributed by atoms with Gasteiger partial charge in [0.1, 0.15) is 0 Å². The molecule has 0 fully saturated rings. The van der Waals surface area contributed by atoms with E-state index in [0.29, 0.717) is 0 Å². The monoisotopic (exact) mass is 225 g/mol. The maximum atomic E-state index is 5.47. The summed E-state index contributed by atoms with van der Waals surface area (Å²) >= 11 is 0. The fourth-order valence-electron chi connectivity index (χ4n) is 1.78. The minimum atomic E-state index is 0.745. The Kier molecular flexibility index (Phi) is 5.49. The summed E-state index contributed by atoms with van der Waals surface area (Å²) in [4.78, 5) is 0. The molecular weight excluding hydrogens is 202 g/mol. The van der Waals surface area contributed by atoms with Gasteiger partial charge in [0.05, 0.1) is 18.8 Å². The first kappa shape index (κ1) is 13.2. The summed E-state index contributed by atoms with van der Waals surface area (Å²) in [6, 6.07) is 0. The summed E-state index contributed by atoms with van der Waals surface area (Å²) < 4.78 is 7.51. The molecule has 92 valence electrons. The van der Waals surface area contributed by atoms with E-state index in [2.05, 4.69) is 31.2 Å². The Bertz CT molecular complexity index is 320. The molecule has 0 aliphatic carbocycles. The second-order valence-electron chi connectivity index (χ2n) is 4.02. The Morgan fingerprint density at radius 3 is 2.69 bits per heavy atom. The molecular formula is C12H23N3O. The average molecular weight is 225 g/mol. The largest absolute Gasteiger partial charge is 0.380 e. The number of hydrogen-bond donors (Lipinski definition) is 1. The molecule has 0 amide bonds. The maximum absolute atomic E-state index is 5.47. The zero-order chi connectivity index (χ0) is 12.0. The van der Waals surface area contributed by atoms with Crippen molar-refractivity contribution in [3.63, 3.8) is 0 Å². The Hall–Kier alpha value is -0.870. The minimum Gasteiger partial charge on any atom is -0.380 e. The smallest absolute Gasteiger partial charge is 0.0662 e. The van der Waals surface area contributed by atoms with Gasteiger partial charge in [0.2, 0.25) is 0 Å². The highest BCUT2D eigenvalue weighted by atomic mass is 16.5. The minimum absolute atomic E-state index is 0.745. The van der Waals surface area contributed by atoms with E-state index in [0.717, 1.165) is 38.4 Å². The van der Waals surface area contributed by atoms with Crippen molar-refractivity contribution in [1.29, 1.82) is 0 Å². The van der Waals surface area contributed by atoms with Crippen LogP contribution in [-0.2, 0) is 17.8 Å². The van der Waals surface area contributed by atoms with Crippen LogP contribution in [-0.4, -0.2) is 30.0 Å². The van der Waals surface area contributed by atoms with Crippen LogP contribution < -0.4 is 5.32 Å². The number of rotatable bonds is 7. The van der Waals surface area contributed by atoms with E-state index in [9.17, 15) is 0 Å². The zero-order valence-electron chi connectivity index (χ0n) is 10.8. The molecule has 1 aromatic heterocycles. The number of hydrogen-bond acceptors (Lipinski definition) is 3. The van der Waals surface area contributed by atoms with Gasteiger partial charge in [-0.2, -0.15) is 5.10 Å². The topological polar surface area (TPSA) is 39.1 Å². The van der Waals surface area contributed by atoms with Gasteiger partial charge in [-0.15, -0.1) is 0 Å². The Balaban J connectivity index is 2.56. The van der Waals surface area contributed by atoms with E-state index in [1.54, 1.807) is 0 Å². The highest BCUT2D eigenvalue weighted by Gasteiger charge is 2.09. The van der Waals surface area contributed by atoms with Gasteiger partial charge in [0.25, 0.3) is 0 Å². The molecule has 0 unspecified atom stereocenters. The van der Waals surface area contributed by atoms with E-state index in [4.69, 9.17) is 4.74 Å². The normalized spacial score (nSPS) is 11.0. The SMILES string of the molecule is CCCOCCn1nc(C)c(CNC)c1C. The lowest BCUT2D eigenvalue weighted by atomic mass is 10.2. The molecule has 0 saturated heterocycles. The molecule has 0 bridgehead atoms. The van der Waals surface area contributed by atoms with Crippen LogP contribution in [0.5, 0.6) is 0 Å². The van der Waals surface area contributed by atoms with Crippen molar-refractivity contribution in [2.24, 2.45) is 0 Å². The van der Waals surface area contributed by atoms with Gasteiger partial charge in [-0.1, -0.05) is 6.92 Å². The van der Waals surface area contributed by atoms with Crippen molar-refractivity contribution in [1.82, 2.24) is 15.1 Å². The van der Waals surface area contributed by atoms with E-state index >= 15 is 0 Å². The molecule has 0 aliphatic heterocycles. The van der Waals surface area contributed by atoms with E-state index in [1.807, 2.05) is 11.7 Å². The van der Waals surface area contributed by atoms with E-state index < -0.39 is 0 Å². The lowest BCUT2D eigenvalue weighted by molar-refractivity contribution is 0.124. The molecule has 0 saturated carbocycles. The molecule has 1 aromatic rings. The third-order valence-electron chi connectivity index (χ3n) is 2.68. The molecule has 4 heteroatoms. The Morgan fingerprint density at radius 1 is 1.31 bits per heavy atom. The molecule has 0 aromatic carbocycles. The second kappa shape index (κ2) is 6.66. The zero-order valence-corrected chi connectivity index (χ0v) is 10.8. The third kappa shape index (κ3) is 3.32. The predicted octanol–water partition coefficient (Wildman–Crippen LogP) is 1.65. The lowest BCUT2D eigenvalue weighted by Crippen LogP contribution is -2.11. The van der Waals surface area contributed by atoms with Gasteiger partial charge in [0, 0.05) is 24.4 Å². The average Bonchev–Trinajstić information content (AvgIpc) is 2.53. The van der Waals surface area contributed by atoms with Crippen LogP contribution in [0.1, 0.15) is 30.3 Å². The molecule has 0 radical (unpaired) electrons. The van der Waals surface area contributed by atoms with Gasteiger partial charge in [-0.05, 0) is 27.3 Å². The van der Waals surface area contributed by atoms with Crippen molar-refractivity contribution in [2.45, 2.75) is 40.3 Å². The summed E-state index contributed by atoms with van der Waals surface area (Å²) in [5, 5.41) is 7.69. The van der Waals surface area contributed by atoms with Crippen molar-refractivity contribution >= 4 is 0 Å². The van der Waals surface area contributed by atoms with Crippen LogP contribution in [0.4, 0.5) is 0 Å². The first-order valence-corrected chi connectivity index (χ1v) is 5.96. The molecule has 4 nitrogen and oxygen atoms in total. The lowest BCUT2D eigenvalue weighted by Gasteiger charge is -2.06. The van der Waals surface area contributed by atoms with Gasteiger partial charge in [-0.25, -0.2) is 0 Å². The van der Waals surface area contributed by atoms with Crippen molar-refractivity contribution in [2.75, 3.05) is 20.3 Å². The van der Waals surface area contributed by atoms with Crippen LogP contribution in [0.25, 0.3) is 0 Å². The highest BCUT2D eigenvalue weighted by molar-refractivity contribution is 5.24. The van der Waals surface area contributed by atoms with Crippen LogP contribution >= 0.6 is 0 Å². The summed E-state index contributed by atoms with van der Waals surface area (Å²) in [5.41, 5.74) is 3.66. The van der Waals surface area contributed by atoms with Crippen LogP contribution in [0.15, 0.2) is 0 Å². The predicted molar refractivity (Wildman–Crippen MR) is 65.6 cm³/mol. The highest BCUT2D eigenvalue weighted by Crippen LogP contribution is 2.12. The summed E-state index contributed by atoms with van der Waals surface area (Å²) in [6.45, 7) is 9.60. The number of ether oxygens (including phenoxy) is 1. The van der Waals surface area contributed by atoms with Gasteiger partial charge in [0.15, 0.2) is 0 Å². The fraction of sp³-hybridized carbons (Fsp3) is 0.750. The standard InChI is InChI=1S/C12H23N3O/c1-5-7-16-8-6-15-11(3)12(9-13-4)10(2)14-15/h13H,5-9H2,1-4H3. The third-order valence-corrected chi connectivity index (χ3v) is 2.68. The van der Waals surface area contributed by atoms with E-state index in [-0.39, 0.29) is 0 Å². The molecule has 0 atom stereocenters. The number of nitrogens with one attached hydrogen (secondary N) is 1. The molecule has 1 rings (SSSR count). The first-order chi connectivity index (χ1) is 7.70. The first-order valence-electron chi connectivity index (χ1n) is 5.96. The second-order valence-corrected chi connectivity index (χ2v) is 4.02. The van der Waals surface area contributed by atoms with Gasteiger partial charge in [-0.3, -0.25) is 4.68 Å². The molecule has 16 heavy (non-hydrogen) atoms. The fourth-order valence-corrected chi connectivity index (χ4v) is 1.78. The Morgan fingerprint density at radius 2 is 2.06 bits per heavy atom. The molecule has 1 N–H and O–H groups in total. The summed E-state index contributed by atoms with van der Waals surface area (Å²) in [6.07, 6.45) is 1.07. The van der Waals surface area contributed by atoms with Gasteiger partial charge < -0.3 is 10.1 Å². The molecule has 1 heterocycles. The van der Waals surface area contributed by atoms with Crippen LogP contribution in [0.2, 0.25) is 0 Å². The van der Waals surface area contributed by atoms with Crippen LogP contribution in [0.3, 0.4) is 0 Å². The van der Waals surface area contributed by atoms with Crippen molar-refractivity contribution < 1.29 is 4.74 Å². The number of aromatic nitrogens is 2. The Labute approximate surface area is 98.0 Å². The number of aryl methyl sites for hydroxylation is 1. The maximum Gasteiger partial charge on any atom is 0.0662 e. The molecule has 0 aliphatic rings. The summed E-state index contributed by atoms with van der Waals surface area (Å²) in [7, 11) is 1.96. The quantitative estimate of drug-likeness (QED) is 0.717. The molecule has 0 spiro atoms. The number of nitrogens with zero attached hydrogens (tertiary/aromatic N) is 2. The van der Waals surface area contributed by atoms with Crippen molar-refractivity contribution in [3.8, 4) is 0 Å². The van der Waals surface area contributed by atoms with E-state index in [1.165, 1.54) is 11.3 Å². The van der Waals surface area contributed by atoms with Gasteiger partial charge >= 0.3 is 0 Å². The summed E-state index contributed by atoms with van der Waals surface area (Å²) in [5.74, 6) is 0.